The van der Waals surface area contributed by atoms with Crippen LogP contribution in [0.15, 0.2) is 39.0 Å². The molecule has 70 valence electrons. The van der Waals surface area contributed by atoms with Crippen molar-refractivity contribution in [2.75, 3.05) is 5.88 Å². The van der Waals surface area contributed by atoms with Crippen molar-refractivity contribution >= 4 is 32.3 Å². The molecule has 0 amide bonds. The Bertz CT molecular complexity index is 365. The van der Waals surface area contributed by atoms with E-state index < -0.39 is 10.7 Å². The van der Waals surface area contributed by atoms with Gasteiger partial charge in [0, 0.05) is 4.47 Å². The van der Waals surface area contributed by atoms with Crippen molar-refractivity contribution in [2.45, 2.75) is 0 Å². The van der Waals surface area contributed by atoms with Crippen LogP contribution in [0, 0.1) is 0 Å². The molecule has 6 heteroatoms. The molecule has 0 radical (unpaired) electrons. The number of nitrogens with zero attached hydrogens (tertiary/aromatic N) is 2. The third kappa shape index (κ3) is 4.14. The van der Waals surface area contributed by atoms with Crippen molar-refractivity contribution < 1.29 is 8.42 Å². The summed E-state index contributed by atoms with van der Waals surface area (Å²) < 4.78 is 21.2. The smallest absolute Gasteiger partial charge is 0.162 e. The Morgan fingerprint density at radius 1 is 1.23 bits per heavy atom. The molecule has 0 unspecified atom stereocenters. The molecule has 0 N–H and O–H groups in total. The maximum absolute atomic E-state index is 10.1. The zero-order valence-electron chi connectivity index (χ0n) is 6.55. The second kappa shape index (κ2) is 5.08. The zero-order valence-corrected chi connectivity index (χ0v) is 9.03. The summed E-state index contributed by atoms with van der Waals surface area (Å²) in [6, 6.07) is 7.11. The first-order valence-electron chi connectivity index (χ1n) is 3.43. The normalized spacial score (nSPS) is 11.2. The molecule has 0 aliphatic rings. The first-order chi connectivity index (χ1) is 6.18. The van der Waals surface area contributed by atoms with Gasteiger partial charge in [-0.15, -0.1) is 0 Å². The summed E-state index contributed by atoms with van der Waals surface area (Å²) in [6.45, 7) is 0. The second-order valence-corrected chi connectivity index (χ2v) is 4.06. The van der Waals surface area contributed by atoms with Crippen LogP contribution < -0.4 is 0 Å². The van der Waals surface area contributed by atoms with Crippen molar-refractivity contribution in [3.05, 3.63) is 28.7 Å². The van der Waals surface area contributed by atoms with Crippen molar-refractivity contribution in [1.82, 2.24) is 0 Å². The molecule has 0 saturated heterocycles. The molecule has 0 fully saturated rings. The van der Waals surface area contributed by atoms with Crippen LogP contribution in [0.4, 0.5) is 5.69 Å². The molecule has 1 aromatic rings. The Kier molecular flexibility index (Phi) is 4.04. The lowest BCUT2D eigenvalue weighted by molar-refractivity contribution is 0.614. The van der Waals surface area contributed by atoms with Gasteiger partial charge in [0.25, 0.3) is 0 Å². The van der Waals surface area contributed by atoms with Crippen LogP contribution in [0.2, 0.25) is 0 Å². The zero-order chi connectivity index (χ0) is 9.68. The number of rotatable bonds is 3. The minimum absolute atomic E-state index is 0.259. The third-order valence-electron chi connectivity index (χ3n) is 1.19. The largest absolute Gasteiger partial charge is 0.230 e. The van der Waals surface area contributed by atoms with E-state index in [1.807, 2.05) is 12.1 Å². The highest BCUT2D eigenvalue weighted by Gasteiger charge is 1.88. The van der Waals surface area contributed by atoms with Gasteiger partial charge in [-0.2, -0.15) is 10.2 Å². The summed E-state index contributed by atoms with van der Waals surface area (Å²) in [4.78, 5) is 0. The Labute approximate surface area is 85.8 Å². The molecule has 0 saturated carbocycles. The second-order valence-electron chi connectivity index (χ2n) is 2.19. The number of hydrogen-bond acceptors (Lipinski definition) is 4. The topological polar surface area (TPSA) is 58.9 Å². The summed E-state index contributed by atoms with van der Waals surface area (Å²) in [6.07, 6.45) is 0. The predicted molar refractivity (Wildman–Crippen MR) is 53.8 cm³/mol. The average Bonchev–Trinajstić information content (AvgIpc) is 2.08. The van der Waals surface area contributed by atoms with Crippen molar-refractivity contribution in [1.29, 1.82) is 0 Å². The molecule has 1 rings (SSSR count). The number of azo groups is 1. The third-order valence-corrected chi connectivity index (χ3v) is 2.08. The predicted octanol–water partition coefficient (Wildman–Crippen LogP) is 2.10. The highest BCUT2D eigenvalue weighted by Crippen LogP contribution is 2.16. The molecule has 0 aromatic heterocycles. The molecule has 0 aliphatic carbocycles. The molecule has 0 bridgehead atoms. The Morgan fingerprint density at radius 3 is 2.38 bits per heavy atom. The fraction of sp³-hybridized carbons (Fsp3) is 0.143. The van der Waals surface area contributed by atoms with E-state index in [-0.39, 0.29) is 5.88 Å². The Hall–Kier alpha value is -0.750. The molecular formula is C7H7BrN2O2S. The van der Waals surface area contributed by atoms with E-state index in [0.29, 0.717) is 5.69 Å². The number of hydrogen-bond donors (Lipinski definition) is 1. The van der Waals surface area contributed by atoms with Crippen LogP contribution in [-0.4, -0.2) is 14.3 Å². The van der Waals surface area contributed by atoms with Gasteiger partial charge in [0.1, 0.15) is 0 Å². The summed E-state index contributed by atoms with van der Waals surface area (Å²) in [5.41, 5.74) is 0.639. The lowest BCUT2D eigenvalue weighted by Gasteiger charge is -1.90. The fourth-order valence-electron chi connectivity index (χ4n) is 0.673. The van der Waals surface area contributed by atoms with E-state index in [4.69, 9.17) is 0 Å². The number of benzene rings is 1. The van der Waals surface area contributed by atoms with E-state index in [1.54, 1.807) is 12.1 Å². The van der Waals surface area contributed by atoms with Gasteiger partial charge >= 0.3 is 0 Å². The molecule has 0 atom stereocenters. The van der Waals surface area contributed by atoms with Crippen LogP contribution in [0.3, 0.4) is 0 Å². The Morgan fingerprint density at radius 2 is 1.85 bits per heavy atom. The average molecular weight is 263 g/mol. The number of thiol groups is 1. The van der Waals surface area contributed by atoms with E-state index >= 15 is 0 Å². The minimum atomic E-state index is -2.47. The molecule has 1 aromatic carbocycles. The lowest BCUT2D eigenvalue weighted by atomic mass is 10.3. The van der Waals surface area contributed by atoms with Crippen LogP contribution in [0.5, 0.6) is 0 Å². The quantitative estimate of drug-likeness (QED) is 0.670. The SMILES string of the molecule is O=[SH](=O)CN=Nc1ccc(Br)cc1. The molecular weight excluding hydrogens is 256 g/mol. The monoisotopic (exact) mass is 262 g/mol. The van der Waals surface area contributed by atoms with Gasteiger partial charge < -0.3 is 0 Å². The van der Waals surface area contributed by atoms with E-state index in [9.17, 15) is 8.42 Å². The van der Waals surface area contributed by atoms with Gasteiger partial charge in [-0.05, 0) is 24.3 Å². The van der Waals surface area contributed by atoms with Crippen molar-refractivity contribution in [3.8, 4) is 0 Å². The first-order valence-corrected chi connectivity index (χ1v) is 5.59. The van der Waals surface area contributed by atoms with E-state index in [1.165, 1.54) is 0 Å². The van der Waals surface area contributed by atoms with Gasteiger partial charge in [-0.3, -0.25) is 0 Å². The van der Waals surface area contributed by atoms with Gasteiger partial charge in [0.05, 0.1) is 5.69 Å². The van der Waals surface area contributed by atoms with Gasteiger partial charge in [-0.25, -0.2) is 8.42 Å². The van der Waals surface area contributed by atoms with Gasteiger partial charge in [0.15, 0.2) is 16.6 Å². The first kappa shape index (κ1) is 10.3. The summed E-state index contributed by atoms with van der Waals surface area (Å²) >= 11 is 3.27. The Balaban J connectivity index is 2.64. The maximum atomic E-state index is 10.1. The van der Waals surface area contributed by atoms with Crippen LogP contribution in [0.1, 0.15) is 0 Å². The minimum Gasteiger partial charge on any atom is -0.230 e. The van der Waals surface area contributed by atoms with Gasteiger partial charge in [-0.1, -0.05) is 15.9 Å². The molecule has 0 spiro atoms. The van der Waals surface area contributed by atoms with E-state index in [0.717, 1.165) is 4.47 Å². The van der Waals surface area contributed by atoms with Crippen LogP contribution in [0.25, 0.3) is 0 Å². The maximum Gasteiger partial charge on any atom is 0.162 e. The van der Waals surface area contributed by atoms with Crippen molar-refractivity contribution in [2.24, 2.45) is 10.2 Å². The molecule has 4 nitrogen and oxygen atoms in total. The number of halogens is 1. The van der Waals surface area contributed by atoms with Gasteiger partial charge in [0.2, 0.25) is 0 Å². The molecule has 0 aliphatic heterocycles. The molecule has 0 heterocycles. The summed E-state index contributed by atoms with van der Waals surface area (Å²) in [5.74, 6) is -0.259. The fourth-order valence-corrected chi connectivity index (χ4v) is 1.10. The standard InChI is InChI=1S/C7H7BrN2O2S/c8-6-1-3-7(4-2-6)10-9-5-13(11)12/h1-4,13H,5H2. The van der Waals surface area contributed by atoms with Crippen molar-refractivity contribution in [3.63, 3.8) is 0 Å². The highest BCUT2D eigenvalue weighted by atomic mass is 79.9. The summed E-state index contributed by atoms with van der Waals surface area (Å²) in [7, 11) is -2.47. The van der Waals surface area contributed by atoms with E-state index in [2.05, 4.69) is 26.2 Å². The van der Waals surface area contributed by atoms with Crippen LogP contribution in [-0.2, 0) is 10.7 Å². The highest BCUT2D eigenvalue weighted by molar-refractivity contribution is 9.10. The summed E-state index contributed by atoms with van der Waals surface area (Å²) in [5, 5.41) is 7.19. The lowest BCUT2D eigenvalue weighted by Crippen LogP contribution is -1.78. The molecule has 13 heavy (non-hydrogen) atoms. The van der Waals surface area contributed by atoms with Crippen LogP contribution >= 0.6 is 15.9 Å².